The molecule has 34 heavy (non-hydrogen) atoms. The van der Waals surface area contributed by atoms with Crippen molar-refractivity contribution in [1.29, 1.82) is 0 Å². The highest BCUT2D eigenvalue weighted by Crippen LogP contribution is 2.19. The highest BCUT2D eigenvalue weighted by Gasteiger charge is 2.21. The zero-order valence-corrected chi connectivity index (χ0v) is 19.4. The summed E-state index contributed by atoms with van der Waals surface area (Å²) in [6, 6.07) is 24.4. The van der Waals surface area contributed by atoms with E-state index < -0.39 is 12.1 Å². The van der Waals surface area contributed by atoms with E-state index >= 15 is 0 Å². The maximum absolute atomic E-state index is 12.9. The third kappa shape index (κ3) is 5.17. The molecule has 6 heteroatoms. The highest BCUT2D eigenvalue weighted by molar-refractivity contribution is 5.94. The Hall–Kier alpha value is -3.93. The van der Waals surface area contributed by atoms with Crippen molar-refractivity contribution in [2.75, 3.05) is 0 Å². The molecule has 174 valence electrons. The highest BCUT2D eigenvalue weighted by atomic mass is 16.5. The summed E-state index contributed by atoms with van der Waals surface area (Å²) in [6.45, 7) is 3.40. The first-order chi connectivity index (χ1) is 16.4. The molecule has 4 aromatic rings. The van der Waals surface area contributed by atoms with Crippen LogP contribution in [0.5, 0.6) is 0 Å². The molecule has 0 aliphatic carbocycles. The van der Waals surface area contributed by atoms with Crippen molar-refractivity contribution < 1.29 is 14.3 Å². The van der Waals surface area contributed by atoms with E-state index in [2.05, 4.69) is 17.4 Å². The average molecular weight is 457 g/mol. The van der Waals surface area contributed by atoms with E-state index in [0.29, 0.717) is 21.8 Å². The Morgan fingerprint density at radius 2 is 1.41 bits per heavy atom. The predicted molar refractivity (Wildman–Crippen MR) is 134 cm³/mol. The van der Waals surface area contributed by atoms with E-state index in [1.165, 1.54) is 5.56 Å². The molecular formula is C28H28N2O4. The molecule has 2 unspecified atom stereocenters. The van der Waals surface area contributed by atoms with Crippen LogP contribution in [-0.2, 0) is 27.3 Å². The fourth-order valence-corrected chi connectivity index (χ4v) is 4.12. The Labute approximate surface area is 198 Å². The quantitative estimate of drug-likeness (QED) is 0.318. The molecule has 4 rings (SSSR count). The lowest BCUT2D eigenvalue weighted by Crippen LogP contribution is -2.41. The predicted octanol–water partition coefficient (Wildman–Crippen LogP) is 4.22. The number of aryl methyl sites for hydroxylation is 1. The number of hydrogen-bond donors (Lipinski definition) is 1. The fourth-order valence-electron chi connectivity index (χ4n) is 4.12. The molecule has 2 atom stereocenters. The third-order valence-electron chi connectivity index (χ3n) is 5.94. The van der Waals surface area contributed by atoms with Gasteiger partial charge in [0.1, 0.15) is 6.54 Å². The number of para-hydroxylation sites is 2. The van der Waals surface area contributed by atoms with Gasteiger partial charge in [0.25, 0.3) is 5.91 Å². The van der Waals surface area contributed by atoms with Gasteiger partial charge in [-0.25, -0.2) is 0 Å². The second kappa shape index (κ2) is 10.3. The summed E-state index contributed by atoms with van der Waals surface area (Å²) in [5.74, 6) is -0.873. The number of nitrogens with zero attached hydrogens (tertiary/aromatic N) is 1. The van der Waals surface area contributed by atoms with Gasteiger partial charge >= 0.3 is 5.97 Å². The molecule has 6 nitrogen and oxygen atoms in total. The topological polar surface area (TPSA) is 77.4 Å². The normalized spacial score (nSPS) is 12.9. The maximum atomic E-state index is 12.9. The molecule has 0 fully saturated rings. The Kier molecular flexibility index (Phi) is 7.07. The molecule has 1 aromatic heterocycles. The fraction of sp³-hybridized carbons (Fsp3) is 0.250. The number of nitrogens with one attached hydrogen (secondary N) is 1. The molecule has 0 aliphatic rings. The Morgan fingerprint density at radius 3 is 2.03 bits per heavy atom. The summed E-state index contributed by atoms with van der Waals surface area (Å²) in [5, 5.41) is 3.99. The zero-order chi connectivity index (χ0) is 24.1. The number of aromatic nitrogens is 1. The first-order valence-corrected chi connectivity index (χ1v) is 11.5. The lowest BCUT2D eigenvalue weighted by atomic mass is 10.1. The van der Waals surface area contributed by atoms with E-state index in [9.17, 15) is 14.4 Å². The smallest absolute Gasteiger partial charge is 0.326 e. The number of pyridine rings is 1. The van der Waals surface area contributed by atoms with Gasteiger partial charge in [-0.15, -0.1) is 0 Å². The lowest BCUT2D eigenvalue weighted by Gasteiger charge is -2.19. The summed E-state index contributed by atoms with van der Waals surface area (Å²) in [6.07, 6.45) is 0.706. The van der Waals surface area contributed by atoms with Gasteiger partial charge in [-0.1, -0.05) is 54.6 Å². The van der Waals surface area contributed by atoms with Gasteiger partial charge in [-0.2, -0.15) is 0 Å². The molecule has 1 N–H and O–H groups in total. The monoisotopic (exact) mass is 456 g/mol. The average Bonchev–Trinajstić information content (AvgIpc) is 2.86. The number of fused-ring (bicyclic) bond motifs is 2. The minimum absolute atomic E-state index is 0.0549. The van der Waals surface area contributed by atoms with E-state index in [0.717, 1.165) is 12.8 Å². The standard InChI is InChI=1S/C28H28N2O4/c1-19(16-17-21-10-4-3-5-11-21)29-28(33)20(2)34-26(31)18-30-24-14-8-6-12-22(24)27(32)23-13-7-9-15-25(23)30/h3-15,19-20H,16-18H2,1-2H3,(H,29,33). The van der Waals surface area contributed by atoms with Gasteiger partial charge in [0.15, 0.2) is 11.5 Å². The van der Waals surface area contributed by atoms with Crippen molar-refractivity contribution in [1.82, 2.24) is 9.88 Å². The number of carbonyl (C=O) groups is 2. The van der Waals surface area contributed by atoms with Crippen molar-refractivity contribution in [2.45, 2.75) is 45.4 Å². The Balaban J connectivity index is 1.42. The molecule has 0 saturated heterocycles. The molecule has 0 radical (unpaired) electrons. The van der Waals surface area contributed by atoms with Crippen LogP contribution in [0.3, 0.4) is 0 Å². The number of rotatable bonds is 8. The van der Waals surface area contributed by atoms with E-state index in [-0.39, 0.29) is 23.9 Å². The molecule has 1 amide bonds. The number of ether oxygens (including phenoxy) is 1. The summed E-state index contributed by atoms with van der Waals surface area (Å²) < 4.78 is 7.22. The van der Waals surface area contributed by atoms with Crippen LogP contribution in [0.4, 0.5) is 0 Å². The number of benzene rings is 3. The number of hydrogen-bond acceptors (Lipinski definition) is 4. The van der Waals surface area contributed by atoms with Crippen molar-refractivity contribution in [3.63, 3.8) is 0 Å². The van der Waals surface area contributed by atoms with Gasteiger partial charge in [0.05, 0.1) is 11.0 Å². The van der Waals surface area contributed by atoms with Gasteiger partial charge in [-0.3, -0.25) is 14.4 Å². The van der Waals surface area contributed by atoms with Crippen LogP contribution < -0.4 is 10.7 Å². The molecule has 1 heterocycles. The van der Waals surface area contributed by atoms with Gasteiger partial charge < -0.3 is 14.6 Å². The molecule has 0 bridgehead atoms. The van der Waals surface area contributed by atoms with Crippen LogP contribution >= 0.6 is 0 Å². The largest absolute Gasteiger partial charge is 0.451 e. The maximum Gasteiger partial charge on any atom is 0.326 e. The van der Waals surface area contributed by atoms with Crippen LogP contribution in [0.2, 0.25) is 0 Å². The van der Waals surface area contributed by atoms with Gasteiger partial charge in [-0.05, 0) is 56.5 Å². The van der Waals surface area contributed by atoms with E-state index in [1.54, 1.807) is 47.9 Å². The summed E-state index contributed by atoms with van der Waals surface area (Å²) in [4.78, 5) is 38.2. The lowest BCUT2D eigenvalue weighted by molar-refractivity contribution is -0.155. The van der Waals surface area contributed by atoms with Crippen LogP contribution in [0, 0.1) is 0 Å². The van der Waals surface area contributed by atoms with Crippen LogP contribution in [0.1, 0.15) is 25.8 Å². The van der Waals surface area contributed by atoms with Crippen LogP contribution in [-0.4, -0.2) is 28.6 Å². The first kappa shape index (κ1) is 23.2. The zero-order valence-electron chi connectivity index (χ0n) is 19.4. The Morgan fingerprint density at radius 1 is 0.853 bits per heavy atom. The number of amides is 1. The van der Waals surface area contributed by atoms with Crippen LogP contribution in [0.15, 0.2) is 83.7 Å². The van der Waals surface area contributed by atoms with Crippen molar-refractivity contribution in [2.24, 2.45) is 0 Å². The minimum Gasteiger partial charge on any atom is -0.451 e. The van der Waals surface area contributed by atoms with Crippen molar-refractivity contribution in [3.8, 4) is 0 Å². The van der Waals surface area contributed by atoms with Gasteiger partial charge in [0.2, 0.25) is 0 Å². The molecular weight excluding hydrogens is 428 g/mol. The number of esters is 1. The third-order valence-corrected chi connectivity index (χ3v) is 5.94. The SMILES string of the molecule is CC(CCc1ccccc1)NC(=O)C(C)OC(=O)Cn1c2ccccc2c(=O)c2ccccc21. The minimum atomic E-state index is -0.927. The van der Waals surface area contributed by atoms with E-state index in [1.807, 2.05) is 37.3 Å². The molecule has 3 aromatic carbocycles. The number of carbonyl (C=O) groups excluding carboxylic acids is 2. The van der Waals surface area contributed by atoms with Gasteiger partial charge in [0, 0.05) is 16.8 Å². The summed E-state index contributed by atoms with van der Waals surface area (Å²) >= 11 is 0. The van der Waals surface area contributed by atoms with Crippen molar-refractivity contribution in [3.05, 3.63) is 94.6 Å². The summed E-state index contributed by atoms with van der Waals surface area (Å²) in [5.41, 5.74) is 2.43. The molecule has 0 aliphatic heterocycles. The summed E-state index contributed by atoms with van der Waals surface area (Å²) in [7, 11) is 0. The Bertz CT molecular complexity index is 1320. The first-order valence-electron chi connectivity index (χ1n) is 11.5. The van der Waals surface area contributed by atoms with E-state index in [4.69, 9.17) is 4.74 Å². The van der Waals surface area contributed by atoms with Crippen LogP contribution in [0.25, 0.3) is 21.8 Å². The molecule has 0 spiro atoms. The second-order valence-electron chi connectivity index (χ2n) is 8.52. The second-order valence-corrected chi connectivity index (χ2v) is 8.52. The van der Waals surface area contributed by atoms with Crippen molar-refractivity contribution >= 4 is 33.7 Å². The molecule has 0 saturated carbocycles.